The summed E-state index contributed by atoms with van der Waals surface area (Å²) >= 11 is 0. The summed E-state index contributed by atoms with van der Waals surface area (Å²) < 4.78 is 0. The number of carbonyl (C=O) groups excluding carboxylic acids is 2. The molecule has 1 heterocycles. The zero-order chi connectivity index (χ0) is 12.0. The van der Waals surface area contributed by atoms with E-state index in [-0.39, 0.29) is 11.8 Å². The third-order valence-corrected chi connectivity index (χ3v) is 2.92. The topological polar surface area (TPSA) is 37.4 Å². The monoisotopic (exact) mass is 223 g/mol. The highest BCUT2D eigenvalue weighted by Crippen LogP contribution is 2.13. The minimum Gasteiger partial charge on any atom is -0.275 e. The molecule has 0 radical (unpaired) electrons. The van der Waals surface area contributed by atoms with E-state index in [0.717, 1.165) is 12.8 Å². The van der Waals surface area contributed by atoms with Crippen LogP contribution in [0.2, 0.25) is 0 Å². The third-order valence-electron chi connectivity index (χ3n) is 2.92. The highest BCUT2D eigenvalue weighted by Gasteiger charge is 2.27. The fourth-order valence-corrected chi connectivity index (χ4v) is 1.90. The highest BCUT2D eigenvalue weighted by molar-refractivity contribution is 6.15. The average molecular weight is 223 g/mol. The molecule has 1 aliphatic rings. The third kappa shape index (κ3) is 3.47. The summed E-state index contributed by atoms with van der Waals surface area (Å²) in [4.78, 5) is 24.3. The van der Waals surface area contributed by atoms with E-state index in [1.807, 2.05) is 0 Å². The molecule has 0 fully saturated rings. The van der Waals surface area contributed by atoms with Gasteiger partial charge in [-0.25, -0.2) is 0 Å². The van der Waals surface area contributed by atoms with Crippen LogP contribution in [-0.2, 0) is 9.59 Å². The number of rotatable bonds is 7. The van der Waals surface area contributed by atoms with Gasteiger partial charge in [0.25, 0.3) is 11.8 Å². The van der Waals surface area contributed by atoms with Crippen LogP contribution in [0.5, 0.6) is 0 Å². The van der Waals surface area contributed by atoms with Gasteiger partial charge in [0.15, 0.2) is 0 Å². The van der Waals surface area contributed by atoms with Gasteiger partial charge in [0.2, 0.25) is 0 Å². The van der Waals surface area contributed by atoms with Crippen molar-refractivity contribution >= 4 is 11.8 Å². The Bertz CT molecular complexity index is 294. The summed E-state index contributed by atoms with van der Waals surface area (Å²) in [6.45, 7) is 4.47. The van der Waals surface area contributed by atoms with Crippen LogP contribution >= 0.6 is 0 Å². The SMILES string of the molecule is CCCCCCCCN1C(=O)C=C(C)C1=O. The molecule has 0 saturated heterocycles. The molecule has 3 nitrogen and oxygen atoms in total. The zero-order valence-corrected chi connectivity index (χ0v) is 10.3. The summed E-state index contributed by atoms with van der Waals surface area (Å²) in [7, 11) is 0. The van der Waals surface area contributed by atoms with Crippen molar-refractivity contribution in [1.29, 1.82) is 0 Å². The smallest absolute Gasteiger partial charge is 0.256 e. The second-order valence-electron chi connectivity index (χ2n) is 4.39. The number of hydrogen-bond donors (Lipinski definition) is 0. The van der Waals surface area contributed by atoms with Crippen molar-refractivity contribution in [3.63, 3.8) is 0 Å². The van der Waals surface area contributed by atoms with Crippen molar-refractivity contribution < 1.29 is 9.59 Å². The number of unbranched alkanes of at least 4 members (excludes halogenated alkanes) is 5. The minimum atomic E-state index is -0.143. The van der Waals surface area contributed by atoms with Crippen molar-refractivity contribution in [2.24, 2.45) is 0 Å². The largest absolute Gasteiger partial charge is 0.275 e. The second-order valence-corrected chi connectivity index (χ2v) is 4.39. The first-order chi connectivity index (χ1) is 7.66. The first kappa shape index (κ1) is 12.9. The van der Waals surface area contributed by atoms with Crippen LogP contribution in [0.4, 0.5) is 0 Å². The van der Waals surface area contributed by atoms with E-state index in [9.17, 15) is 9.59 Å². The lowest BCUT2D eigenvalue weighted by Gasteiger charge is -2.13. The molecule has 90 valence electrons. The Labute approximate surface area is 97.5 Å². The summed E-state index contributed by atoms with van der Waals surface area (Å²) in [5.41, 5.74) is 0.566. The van der Waals surface area contributed by atoms with E-state index < -0.39 is 0 Å². The van der Waals surface area contributed by atoms with Gasteiger partial charge in [0.1, 0.15) is 0 Å². The molecule has 0 aliphatic carbocycles. The van der Waals surface area contributed by atoms with Crippen molar-refractivity contribution in [1.82, 2.24) is 4.90 Å². The molecule has 0 spiro atoms. The number of imide groups is 1. The first-order valence-corrected chi connectivity index (χ1v) is 6.21. The lowest BCUT2D eigenvalue weighted by Crippen LogP contribution is -2.31. The molecule has 0 aromatic heterocycles. The minimum absolute atomic E-state index is 0.112. The summed E-state index contributed by atoms with van der Waals surface area (Å²) in [6, 6.07) is 0. The predicted octanol–water partition coefficient (Wildman–Crippen LogP) is 2.66. The van der Waals surface area contributed by atoms with Crippen LogP contribution in [0.15, 0.2) is 11.6 Å². The van der Waals surface area contributed by atoms with Gasteiger partial charge in [-0.2, -0.15) is 0 Å². The molecule has 0 unspecified atom stereocenters. The van der Waals surface area contributed by atoms with E-state index in [2.05, 4.69) is 6.92 Å². The molecule has 0 N–H and O–H groups in total. The molecule has 0 aromatic rings. The van der Waals surface area contributed by atoms with E-state index in [1.54, 1.807) is 6.92 Å². The lowest BCUT2D eigenvalue weighted by molar-refractivity contribution is -0.137. The van der Waals surface area contributed by atoms with Crippen LogP contribution in [0.3, 0.4) is 0 Å². The van der Waals surface area contributed by atoms with E-state index in [1.165, 1.54) is 36.7 Å². The fourth-order valence-electron chi connectivity index (χ4n) is 1.90. The average Bonchev–Trinajstić information content (AvgIpc) is 2.49. The van der Waals surface area contributed by atoms with Crippen LogP contribution in [-0.4, -0.2) is 23.3 Å². The Morgan fingerprint density at radius 2 is 1.69 bits per heavy atom. The Kier molecular flexibility index (Phi) is 5.23. The van der Waals surface area contributed by atoms with Crippen LogP contribution in [0, 0.1) is 0 Å². The molecule has 16 heavy (non-hydrogen) atoms. The van der Waals surface area contributed by atoms with Gasteiger partial charge >= 0.3 is 0 Å². The van der Waals surface area contributed by atoms with Gasteiger partial charge in [0.05, 0.1) is 0 Å². The quantitative estimate of drug-likeness (QED) is 0.491. The summed E-state index contributed by atoms with van der Waals surface area (Å²) in [5.74, 6) is -0.255. The Balaban J connectivity index is 2.15. The molecule has 0 saturated carbocycles. The number of nitrogens with zero attached hydrogens (tertiary/aromatic N) is 1. The van der Waals surface area contributed by atoms with Gasteiger partial charge in [-0.3, -0.25) is 14.5 Å². The molecular weight excluding hydrogens is 202 g/mol. The number of hydrogen-bond acceptors (Lipinski definition) is 2. The van der Waals surface area contributed by atoms with Crippen molar-refractivity contribution in [3.05, 3.63) is 11.6 Å². The number of carbonyl (C=O) groups is 2. The van der Waals surface area contributed by atoms with Crippen molar-refractivity contribution in [2.75, 3.05) is 6.54 Å². The lowest BCUT2D eigenvalue weighted by atomic mass is 10.1. The summed E-state index contributed by atoms with van der Waals surface area (Å²) in [6.07, 6.45) is 8.46. The van der Waals surface area contributed by atoms with E-state index in [0.29, 0.717) is 12.1 Å². The highest BCUT2D eigenvalue weighted by atomic mass is 16.2. The molecule has 0 atom stereocenters. The fraction of sp³-hybridized carbons (Fsp3) is 0.692. The van der Waals surface area contributed by atoms with Gasteiger partial charge < -0.3 is 0 Å². The van der Waals surface area contributed by atoms with Gasteiger partial charge in [-0.05, 0) is 13.3 Å². The molecule has 1 rings (SSSR count). The van der Waals surface area contributed by atoms with Crippen molar-refractivity contribution in [2.45, 2.75) is 52.4 Å². The molecule has 2 amide bonds. The maximum absolute atomic E-state index is 11.5. The Hall–Kier alpha value is -1.12. The maximum Gasteiger partial charge on any atom is 0.256 e. The van der Waals surface area contributed by atoms with Crippen molar-refractivity contribution in [3.8, 4) is 0 Å². The standard InChI is InChI=1S/C13H21NO2/c1-3-4-5-6-7-8-9-14-12(15)10-11(2)13(14)16/h10H,3-9H2,1-2H3. The van der Waals surface area contributed by atoms with Gasteiger partial charge in [-0.15, -0.1) is 0 Å². The molecule has 1 aliphatic heterocycles. The molecule has 0 bridgehead atoms. The van der Waals surface area contributed by atoms with E-state index in [4.69, 9.17) is 0 Å². The predicted molar refractivity (Wildman–Crippen MR) is 63.9 cm³/mol. The normalized spacial score (nSPS) is 15.9. The zero-order valence-electron chi connectivity index (χ0n) is 10.3. The van der Waals surface area contributed by atoms with E-state index >= 15 is 0 Å². The maximum atomic E-state index is 11.5. The molecule has 0 aromatic carbocycles. The molecule has 3 heteroatoms. The van der Waals surface area contributed by atoms with Crippen LogP contribution < -0.4 is 0 Å². The van der Waals surface area contributed by atoms with Crippen LogP contribution in [0.1, 0.15) is 52.4 Å². The molecular formula is C13H21NO2. The van der Waals surface area contributed by atoms with Gasteiger partial charge in [0, 0.05) is 18.2 Å². The van der Waals surface area contributed by atoms with Gasteiger partial charge in [-0.1, -0.05) is 39.0 Å². The van der Waals surface area contributed by atoms with Crippen LogP contribution in [0.25, 0.3) is 0 Å². The Morgan fingerprint density at radius 1 is 1.06 bits per heavy atom. The first-order valence-electron chi connectivity index (χ1n) is 6.21. The number of amides is 2. The second kappa shape index (κ2) is 6.46. The summed E-state index contributed by atoms with van der Waals surface area (Å²) in [5, 5.41) is 0. The Morgan fingerprint density at radius 3 is 2.25 bits per heavy atom.